The van der Waals surface area contributed by atoms with E-state index in [1.165, 1.54) is 32.9 Å². The lowest BCUT2D eigenvalue weighted by molar-refractivity contribution is 0.667. The predicted octanol–water partition coefficient (Wildman–Crippen LogP) is 12.6. The SMILES string of the molecule is c1ccc(-c2ccc3c(c2)c2ccccc2n3-c2ccc(-c3ccccc3-c3nc(-c4ccccc4)nc(-c4cccc5oc6cnccc6c45)n3)cc2)cc1. The Kier molecular flexibility index (Phi) is 7.38. The minimum atomic E-state index is 0.575. The standard InChI is InChI=1S/C50H31N5O/c1-3-12-32(13-4-1)35-24-27-44-42(30-35)38-17-9-10-20-43(38)55(44)36-25-22-33(23-26-36)37-16-7-8-18-39(37)49-52-48(34-14-5-2-6-15-34)53-50(54-49)41-19-11-21-45-47(41)40-28-29-51-31-46(40)56-45/h1-31H. The van der Waals surface area contributed by atoms with Gasteiger partial charge in [0.15, 0.2) is 23.1 Å². The molecule has 0 fully saturated rings. The Hall–Kier alpha value is -7.70. The molecule has 0 atom stereocenters. The first-order valence-corrected chi connectivity index (χ1v) is 18.6. The highest BCUT2D eigenvalue weighted by Crippen LogP contribution is 2.39. The molecule has 4 heterocycles. The molecule has 11 rings (SSSR count). The second-order valence-electron chi connectivity index (χ2n) is 13.9. The van der Waals surface area contributed by atoms with E-state index in [1.54, 1.807) is 12.4 Å². The minimum absolute atomic E-state index is 0.575. The number of hydrogen-bond acceptors (Lipinski definition) is 5. The van der Waals surface area contributed by atoms with Gasteiger partial charge < -0.3 is 8.98 Å². The molecule has 0 spiro atoms. The van der Waals surface area contributed by atoms with Crippen molar-refractivity contribution < 1.29 is 4.42 Å². The van der Waals surface area contributed by atoms with Crippen LogP contribution in [-0.2, 0) is 0 Å². The normalized spacial score (nSPS) is 11.6. The lowest BCUT2D eigenvalue weighted by atomic mass is 9.98. The van der Waals surface area contributed by atoms with E-state index < -0.39 is 0 Å². The summed E-state index contributed by atoms with van der Waals surface area (Å²) < 4.78 is 8.55. The smallest absolute Gasteiger partial charge is 0.164 e. The summed E-state index contributed by atoms with van der Waals surface area (Å²) in [7, 11) is 0. The molecule has 0 amide bonds. The van der Waals surface area contributed by atoms with Crippen LogP contribution in [0.5, 0.6) is 0 Å². The molecule has 0 unspecified atom stereocenters. The number of hydrogen-bond donors (Lipinski definition) is 0. The molecule has 11 aromatic rings. The van der Waals surface area contributed by atoms with E-state index in [2.05, 4.69) is 125 Å². The highest BCUT2D eigenvalue weighted by molar-refractivity contribution is 6.12. The molecule has 56 heavy (non-hydrogen) atoms. The lowest BCUT2D eigenvalue weighted by Crippen LogP contribution is -2.01. The largest absolute Gasteiger partial charge is 0.454 e. The van der Waals surface area contributed by atoms with Crippen LogP contribution in [0, 0.1) is 0 Å². The first-order chi connectivity index (χ1) is 27.8. The zero-order valence-corrected chi connectivity index (χ0v) is 30.0. The molecular formula is C50H31N5O. The number of furan rings is 1. The third-order valence-electron chi connectivity index (χ3n) is 10.6. The van der Waals surface area contributed by atoms with Gasteiger partial charge in [-0.05, 0) is 64.7 Å². The van der Waals surface area contributed by atoms with Crippen molar-refractivity contribution in [2.45, 2.75) is 0 Å². The fourth-order valence-electron chi connectivity index (χ4n) is 7.98. The van der Waals surface area contributed by atoms with E-state index >= 15 is 0 Å². The third-order valence-corrected chi connectivity index (χ3v) is 10.6. The van der Waals surface area contributed by atoms with Gasteiger partial charge in [-0.15, -0.1) is 0 Å². The molecule has 0 saturated carbocycles. The molecule has 0 radical (unpaired) electrons. The fraction of sp³-hybridized carbons (Fsp3) is 0. The van der Waals surface area contributed by atoms with Crippen LogP contribution in [0.15, 0.2) is 193 Å². The van der Waals surface area contributed by atoms with Crippen LogP contribution in [0.3, 0.4) is 0 Å². The molecule has 6 heteroatoms. The Morgan fingerprint density at radius 2 is 1.04 bits per heavy atom. The maximum absolute atomic E-state index is 6.19. The molecule has 0 bridgehead atoms. The average Bonchev–Trinajstić information content (AvgIpc) is 3.83. The van der Waals surface area contributed by atoms with Gasteiger partial charge in [0.1, 0.15) is 5.58 Å². The summed E-state index contributed by atoms with van der Waals surface area (Å²) in [6, 6.07) is 61.2. The van der Waals surface area contributed by atoms with E-state index in [4.69, 9.17) is 19.4 Å². The molecule has 6 nitrogen and oxygen atoms in total. The molecule has 0 aliphatic heterocycles. The monoisotopic (exact) mass is 717 g/mol. The number of fused-ring (bicyclic) bond motifs is 6. The second kappa shape index (κ2) is 13.0. The molecule has 0 N–H and O–H groups in total. The van der Waals surface area contributed by atoms with Crippen LogP contribution >= 0.6 is 0 Å². The van der Waals surface area contributed by atoms with Crippen molar-refractivity contribution in [2.75, 3.05) is 0 Å². The quantitative estimate of drug-likeness (QED) is 0.171. The molecule has 0 aliphatic rings. The first kappa shape index (κ1) is 31.8. The number of rotatable bonds is 6. The van der Waals surface area contributed by atoms with Gasteiger partial charge in [0.05, 0.1) is 17.2 Å². The van der Waals surface area contributed by atoms with Gasteiger partial charge >= 0.3 is 0 Å². The van der Waals surface area contributed by atoms with Crippen molar-refractivity contribution in [3.8, 4) is 62.1 Å². The number of pyridine rings is 1. The molecular weight excluding hydrogens is 687 g/mol. The number of aromatic nitrogens is 5. The molecule has 4 aromatic heterocycles. The molecule has 0 aliphatic carbocycles. The van der Waals surface area contributed by atoms with Crippen molar-refractivity contribution in [1.29, 1.82) is 0 Å². The van der Waals surface area contributed by atoms with Gasteiger partial charge in [-0.3, -0.25) is 4.98 Å². The second-order valence-corrected chi connectivity index (χ2v) is 13.9. The van der Waals surface area contributed by atoms with Crippen LogP contribution in [0.4, 0.5) is 0 Å². The Morgan fingerprint density at radius 3 is 1.86 bits per heavy atom. The maximum atomic E-state index is 6.19. The minimum Gasteiger partial charge on any atom is -0.454 e. The van der Waals surface area contributed by atoms with Crippen LogP contribution in [0.25, 0.3) is 106 Å². The Morgan fingerprint density at radius 1 is 0.393 bits per heavy atom. The van der Waals surface area contributed by atoms with Gasteiger partial charge in [-0.25, -0.2) is 15.0 Å². The Labute approximate surface area is 322 Å². The van der Waals surface area contributed by atoms with Gasteiger partial charge in [-0.2, -0.15) is 0 Å². The fourth-order valence-corrected chi connectivity index (χ4v) is 7.98. The third kappa shape index (κ3) is 5.27. The van der Waals surface area contributed by atoms with Crippen LogP contribution in [0.2, 0.25) is 0 Å². The van der Waals surface area contributed by atoms with Crippen molar-refractivity contribution >= 4 is 43.7 Å². The average molecular weight is 718 g/mol. The van der Waals surface area contributed by atoms with Gasteiger partial charge in [-0.1, -0.05) is 133 Å². The van der Waals surface area contributed by atoms with E-state index in [0.29, 0.717) is 17.5 Å². The predicted molar refractivity (Wildman–Crippen MR) is 226 cm³/mol. The number of benzene rings is 7. The first-order valence-electron chi connectivity index (χ1n) is 18.6. The summed E-state index contributed by atoms with van der Waals surface area (Å²) in [4.78, 5) is 19.7. The highest BCUT2D eigenvalue weighted by Gasteiger charge is 2.20. The summed E-state index contributed by atoms with van der Waals surface area (Å²) >= 11 is 0. The zero-order valence-electron chi connectivity index (χ0n) is 30.0. The van der Waals surface area contributed by atoms with Gasteiger partial charge in [0.25, 0.3) is 0 Å². The van der Waals surface area contributed by atoms with Crippen molar-refractivity contribution in [1.82, 2.24) is 24.5 Å². The van der Waals surface area contributed by atoms with E-state index in [9.17, 15) is 0 Å². The van der Waals surface area contributed by atoms with E-state index in [-0.39, 0.29) is 0 Å². The lowest BCUT2D eigenvalue weighted by Gasteiger charge is -2.13. The highest BCUT2D eigenvalue weighted by atomic mass is 16.3. The molecule has 7 aromatic carbocycles. The summed E-state index contributed by atoms with van der Waals surface area (Å²) in [5, 5.41) is 4.37. The summed E-state index contributed by atoms with van der Waals surface area (Å²) in [5.41, 5.74) is 12.1. The van der Waals surface area contributed by atoms with Crippen molar-refractivity contribution in [2.24, 2.45) is 0 Å². The topological polar surface area (TPSA) is 69.6 Å². The number of nitrogens with zero attached hydrogens (tertiary/aromatic N) is 5. The maximum Gasteiger partial charge on any atom is 0.164 e. The van der Waals surface area contributed by atoms with E-state index in [1.807, 2.05) is 60.7 Å². The summed E-state index contributed by atoms with van der Waals surface area (Å²) in [5.74, 6) is 1.77. The van der Waals surface area contributed by atoms with Crippen molar-refractivity contribution in [3.05, 3.63) is 188 Å². The number of para-hydroxylation sites is 1. The van der Waals surface area contributed by atoms with E-state index in [0.717, 1.165) is 55.4 Å². The molecule has 262 valence electrons. The Balaban J connectivity index is 1.04. The zero-order chi connectivity index (χ0) is 37.0. The van der Waals surface area contributed by atoms with Crippen LogP contribution < -0.4 is 0 Å². The molecule has 0 saturated heterocycles. The van der Waals surface area contributed by atoms with Crippen molar-refractivity contribution in [3.63, 3.8) is 0 Å². The van der Waals surface area contributed by atoms with Gasteiger partial charge in [0, 0.05) is 50.1 Å². The Bertz CT molecular complexity index is 3240. The van der Waals surface area contributed by atoms with Gasteiger partial charge in [0.2, 0.25) is 0 Å². The summed E-state index contributed by atoms with van der Waals surface area (Å²) in [6.07, 6.45) is 3.53. The van der Waals surface area contributed by atoms with Crippen LogP contribution in [0.1, 0.15) is 0 Å². The summed E-state index contributed by atoms with van der Waals surface area (Å²) in [6.45, 7) is 0. The van der Waals surface area contributed by atoms with Crippen LogP contribution in [-0.4, -0.2) is 24.5 Å².